The zero-order chi connectivity index (χ0) is 19.0. The SMILES string of the molecule is CCCCCCCC(=O)N(CCCNC(=O)CCCC)c1ccccc1. The second kappa shape index (κ2) is 14.3. The van der Waals surface area contributed by atoms with Crippen molar-refractivity contribution in [1.82, 2.24) is 5.32 Å². The van der Waals surface area contributed by atoms with Gasteiger partial charge in [-0.25, -0.2) is 0 Å². The number of nitrogens with one attached hydrogen (secondary N) is 1. The van der Waals surface area contributed by atoms with Gasteiger partial charge in [-0.15, -0.1) is 0 Å². The van der Waals surface area contributed by atoms with Crippen molar-refractivity contribution in [1.29, 1.82) is 0 Å². The molecule has 0 aliphatic heterocycles. The molecule has 1 N–H and O–H groups in total. The van der Waals surface area contributed by atoms with Crippen LogP contribution in [-0.2, 0) is 9.59 Å². The van der Waals surface area contributed by atoms with Crippen LogP contribution in [0.1, 0.15) is 78.1 Å². The van der Waals surface area contributed by atoms with Gasteiger partial charge in [-0.2, -0.15) is 0 Å². The minimum absolute atomic E-state index is 0.111. The summed E-state index contributed by atoms with van der Waals surface area (Å²) in [6.07, 6.45) is 9.67. The van der Waals surface area contributed by atoms with E-state index in [0.29, 0.717) is 25.9 Å². The van der Waals surface area contributed by atoms with Crippen molar-refractivity contribution in [2.75, 3.05) is 18.0 Å². The molecule has 1 rings (SSSR count). The normalized spacial score (nSPS) is 10.5. The van der Waals surface area contributed by atoms with E-state index in [-0.39, 0.29) is 11.8 Å². The van der Waals surface area contributed by atoms with E-state index in [9.17, 15) is 9.59 Å². The van der Waals surface area contributed by atoms with E-state index in [4.69, 9.17) is 0 Å². The molecule has 0 aromatic heterocycles. The molecular formula is C22H36N2O2. The van der Waals surface area contributed by atoms with Gasteiger partial charge in [0.2, 0.25) is 11.8 Å². The highest BCUT2D eigenvalue weighted by atomic mass is 16.2. The first kappa shape index (κ1) is 22.2. The summed E-state index contributed by atoms with van der Waals surface area (Å²) in [7, 11) is 0. The summed E-state index contributed by atoms with van der Waals surface area (Å²) in [6.45, 7) is 5.55. The number of carbonyl (C=O) groups excluding carboxylic acids is 2. The highest BCUT2D eigenvalue weighted by Gasteiger charge is 2.15. The third-order valence-electron chi connectivity index (χ3n) is 4.50. The number of carbonyl (C=O) groups is 2. The van der Waals surface area contributed by atoms with Crippen LogP contribution in [0.4, 0.5) is 5.69 Å². The Morgan fingerprint density at radius 2 is 1.54 bits per heavy atom. The van der Waals surface area contributed by atoms with Crippen LogP contribution in [0.25, 0.3) is 0 Å². The summed E-state index contributed by atoms with van der Waals surface area (Å²) in [4.78, 5) is 26.2. The van der Waals surface area contributed by atoms with Crippen LogP contribution in [-0.4, -0.2) is 24.9 Å². The van der Waals surface area contributed by atoms with Crippen molar-refractivity contribution in [3.05, 3.63) is 30.3 Å². The maximum atomic E-state index is 12.7. The average molecular weight is 361 g/mol. The Bertz CT molecular complexity index is 502. The lowest BCUT2D eigenvalue weighted by atomic mass is 10.1. The van der Waals surface area contributed by atoms with Crippen LogP contribution in [0.5, 0.6) is 0 Å². The molecule has 0 heterocycles. The van der Waals surface area contributed by atoms with E-state index in [1.807, 2.05) is 35.2 Å². The predicted molar refractivity (Wildman–Crippen MR) is 109 cm³/mol. The molecule has 4 nitrogen and oxygen atoms in total. The maximum Gasteiger partial charge on any atom is 0.226 e. The first-order valence-corrected chi connectivity index (χ1v) is 10.3. The monoisotopic (exact) mass is 360 g/mol. The van der Waals surface area contributed by atoms with E-state index >= 15 is 0 Å². The standard InChI is InChI=1S/C22H36N2O2/c1-3-5-7-8-12-17-22(26)24(20-14-10-9-11-15-20)19-13-18-23-21(25)16-6-4-2/h9-11,14-15H,3-8,12-13,16-19H2,1-2H3,(H,23,25). The summed E-state index contributed by atoms with van der Waals surface area (Å²) in [5.74, 6) is 0.297. The fourth-order valence-corrected chi connectivity index (χ4v) is 2.91. The lowest BCUT2D eigenvalue weighted by molar-refractivity contribution is -0.121. The zero-order valence-corrected chi connectivity index (χ0v) is 16.6. The lowest BCUT2D eigenvalue weighted by Gasteiger charge is -2.23. The fraction of sp³-hybridized carbons (Fsp3) is 0.636. The molecule has 1 aromatic carbocycles. The highest BCUT2D eigenvalue weighted by molar-refractivity contribution is 5.93. The van der Waals surface area contributed by atoms with Gasteiger partial charge >= 0.3 is 0 Å². The number of unbranched alkanes of at least 4 members (excludes halogenated alkanes) is 5. The van der Waals surface area contributed by atoms with Crippen molar-refractivity contribution >= 4 is 17.5 Å². The van der Waals surface area contributed by atoms with Crippen molar-refractivity contribution in [3.63, 3.8) is 0 Å². The van der Waals surface area contributed by atoms with Crippen molar-refractivity contribution < 1.29 is 9.59 Å². The lowest BCUT2D eigenvalue weighted by Crippen LogP contribution is -2.34. The molecule has 0 aliphatic carbocycles. The summed E-state index contributed by atoms with van der Waals surface area (Å²) < 4.78 is 0. The van der Waals surface area contributed by atoms with E-state index in [0.717, 1.165) is 37.8 Å². The van der Waals surface area contributed by atoms with Gasteiger partial charge in [-0.05, 0) is 31.4 Å². The van der Waals surface area contributed by atoms with Crippen LogP contribution in [0.15, 0.2) is 30.3 Å². The Balaban J connectivity index is 2.44. The molecule has 0 spiro atoms. The van der Waals surface area contributed by atoms with Gasteiger partial charge in [0.15, 0.2) is 0 Å². The third-order valence-corrected chi connectivity index (χ3v) is 4.50. The smallest absolute Gasteiger partial charge is 0.226 e. The summed E-state index contributed by atoms with van der Waals surface area (Å²) >= 11 is 0. The molecule has 0 radical (unpaired) electrons. The summed E-state index contributed by atoms with van der Waals surface area (Å²) in [5.41, 5.74) is 0.948. The number of hydrogen-bond donors (Lipinski definition) is 1. The van der Waals surface area contributed by atoms with Crippen LogP contribution in [0.3, 0.4) is 0 Å². The van der Waals surface area contributed by atoms with Gasteiger partial charge < -0.3 is 10.2 Å². The molecular weight excluding hydrogens is 324 g/mol. The van der Waals surface area contributed by atoms with Gasteiger partial charge in [0.25, 0.3) is 0 Å². The number of anilines is 1. The highest BCUT2D eigenvalue weighted by Crippen LogP contribution is 2.16. The first-order valence-electron chi connectivity index (χ1n) is 10.3. The van der Waals surface area contributed by atoms with Gasteiger partial charge in [0.1, 0.15) is 0 Å². The Morgan fingerprint density at radius 3 is 2.23 bits per heavy atom. The average Bonchev–Trinajstić information content (AvgIpc) is 2.66. The summed E-state index contributed by atoms with van der Waals surface area (Å²) in [5, 5.41) is 2.95. The Labute approximate surface area is 159 Å². The second-order valence-corrected chi connectivity index (χ2v) is 6.85. The topological polar surface area (TPSA) is 49.4 Å². The molecule has 26 heavy (non-hydrogen) atoms. The second-order valence-electron chi connectivity index (χ2n) is 6.85. The largest absolute Gasteiger partial charge is 0.356 e. The minimum atomic E-state index is 0.111. The van der Waals surface area contributed by atoms with Crippen LogP contribution in [0, 0.1) is 0 Å². The molecule has 0 saturated carbocycles. The van der Waals surface area contributed by atoms with Crippen molar-refractivity contribution in [2.45, 2.75) is 78.1 Å². The van der Waals surface area contributed by atoms with Crippen LogP contribution in [0.2, 0.25) is 0 Å². The molecule has 4 heteroatoms. The van der Waals surface area contributed by atoms with Crippen LogP contribution >= 0.6 is 0 Å². The number of benzene rings is 1. The van der Waals surface area contributed by atoms with Gasteiger partial charge in [-0.3, -0.25) is 9.59 Å². The molecule has 0 saturated heterocycles. The Hall–Kier alpha value is -1.84. The van der Waals surface area contributed by atoms with Crippen LogP contribution < -0.4 is 10.2 Å². The predicted octanol–water partition coefficient (Wildman–Crippen LogP) is 5.08. The molecule has 2 amide bonds. The molecule has 0 fully saturated rings. The molecule has 0 atom stereocenters. The molecule has 0 bridgehead atoms. The third kappa shape index (κ3) is 9.59. The number of nitrogens with zero attached hydrogens (tertiary/aromatic N) is 1. The zero-order valence-electron chi connectivity index (χ0n) is 16.6. The Kier molecular flexibility index (Phi) is 12.2. The molecule has 1 aromatic rings. The van der Waals surface area contributed by atoms with Gasteiger partial charge in [-0.1, -0.05) is 64.2 Å². The van der Waals surface area contributed by atoms with Crippen molar-refractivity contribution in [2.24, 2.45) is 0 Å². The molecule has 0 unspecified atom stereocenters. The first-order chi connectivity index (χ1) is 12.7. The number of para-hydroxylation sites is 1. The minimum Gasteiger partial charge on any atom is -0.356 e. The quantitative estimate of drug-likeness (QED) is 0.471. The van der Waals surface area contributed by atoms with E-state index in [1.165, 1.54) is 19.3 Å². The molecule has 0 aliphatic rings. The molecule has 146 valence electrons. The Morgan fingerprint density at radius 1 is 0.846 bits per heavy atom. The van der Waals surface area contributed by atoms with E-state index < -0.39 is 0 Å². The van der Waals surface area contributed by atoms with E-state index in [2.05, 4.69) is 19.2 Å². The maximum absolute atomic E-state index is 12.7. The summed E-state index contributed by atoms with van der Waals surface area (Å²) in [6, 6.07) is 9.85. The van der Waals surface area contributed by atoms with Gasteiger partial charge in [0.05, 0.1) is 0 Å². The van der Waals surface area contributed by atoms with Gasteiger partial charge in [0, 0.05) is 31.6 Å². The fourth-order valence-electron chi connectivity index (χ4n) is 2.91. The number of amides is 2. The number of rotatable bonds is 14. The van der Waals surface area contributed by atoms with Crippen molar-refractivity contribution in [3.8, 4) is 0 Å². The van der Waals surface area contributed by atoms with E-state index in [1.54, 1.807) is 0 Å². The number of hydrogen-bond acceptors (Lipinski definition) is 2.